The lowest BCUT2D eigenvalue weighted by atomic mass is 10.3. The van der Waals surface area contributed by atoms with Gasteiger partial charge in [0, 0.05) is 18.0 Å². The maximum atomic E-state index is 5.93. The molecule has 76 valence electrons. The van der Waals surface area contributed by atoms with Crippen molar-refractivity contribution in [2.24, 2.45) is 5.73 Å². The van der Waals surface area contributed by atoms with E-state index in [1.165, 1.54) is 0 Å². The third-order valence-electron chi connectivity index (χ3n) is 1.62. The van der Waals surface area contributed by atoms with Crippen LogP contribution in [-0.4, -0.2) is 11.5 Å². The predicted molar refractivity (Wildman–Crippen MR) is 66.4 cm³/mol. The zero-order valence-electron chi connectivity index (χ0n) is 7.39. The Morgan fingerprint density at radius 2 is 2.14 bits per heavy atom. The van der Waals surface area contributed by atoms with Crippen molar-refractivity contribution in [3.8, 4) is 0 Å². The summed E-state index contributed by atoms with van der Waals surface area (Å²) in [4.78, 5) is 0.482. The predicted octanol–water partition coefficient (Wildman–Crippen LogP) is 3.08. The molecule has 0 saturated heterocycles. The Bertz CT molecular complexity index is 342. The summed E-state index contributed by atoms with van der Waals surface area (Å²) in [6.07, 6.45) is 0.637. The largest absolute Gasteiger partial charge is 0.393 e. The van der Waals surface area contributed by atoms with Gasteiger partial charge in [0.1, 0.15) is 0 Å². The van der Waals surface area contributed by atoms with Gasteiger partial charge in [0.2, 0.25) is 0 Å². The lowest BCUT2D eigenvalue weighted by Crippen LogP contribution is -2.13. The molecule has 0 heterocycles. The molecule has 0 aliphatic carbocycles. The van der Waals surface area contributed by atoms with Crippen molar-refractivity contribution in [1.29, 1.82) is 0 Å². The van der Waals surface area contributed by atoms with Gasteiger partial charge in [-0.15, -0.1) is 0 Å². The number of benzene rings is 1. The molecular formula is C9H10Cl2N2S. The molecule has 0 aliphatic rings. The van der Waals surface area contributed by atoms with Crippen molar-refractivity contribution in [2.45, 2.75) is 6.42 Å². The number of nitrogens with one attached hydrogen (secondary N) is 1. The quantitative estimate of drug-likeness (QED) is 0.805. The van der Waals surface area contributed by atoms with E-state index >= 15 is 0 Å². The van der Waals surface area contributed by atoms with Crippen molar-refractivity contribution >= 4 is 46.1 Å². The summed E-state index contributed by atoms with van der Waals surface area (Å²) >= 11 is 16.5. The minimum Gasteiger partial charge on any atom is -0.393 e. The van der Waals surface area contributed by atoms with Gasteiger partial charge >= 0.3 is 0 Å². The summed E-state index contributed by atoms with van der Waals surface area (Å²) in [6, 6.07) is 5.25. The normalized spacial score (nSPS) is 9.86. The first-order chi connectivity index (χ1) is 6.59. The van der Waals surface area contributed by atoms with Crippen LogP contribution in [0.25, 0.3) is 0 Å². The topological polar surface area (TPSA) is 38.0 Å². The summed E-state index contributed by atoms with van der Waals surface area (Å²) in [7, 11) is 0. The van der Waals surface area contributed by atoms with Gasteiger partial charge in [0.25, 0.3) is 0 Å². The first-order valence-corrected chi connectivity index (χ1v) is 5.23. The zero-order chi connectivity index (χ0) is 10.6. The molecule has 14 heavy (non-hydrogen) atoms. The Balaban J connectivity index is 2.57. The molecule has 0 fully saturated rings. The third-order valence-corrected chi connectivity index (χ3v) is 2.38. The van der Waals surface area contributed by atoms with Crippen LogP contribution >= 0.6 is 35.4 Å². The maximum absolute atomic E-state index is 5.93. The second-order valence-electron chi connectivity index (χ2n) is 2.77. The minimum atomic E-state index is 0.482. The summed E-state index contributed by atoms with van der Waals surface area (Å²) < 4.78 is 0. The molecule has 1 aromatic rings. The fourth-order valence-electron chi connectivity index (χ4n) is 0.953. The van der Waals surface area contributed by atoms with Crippen LogP contribution in [0.15, 0.2) is 18.2 Å². The average molecular weight is 249 g/mol. The van der Waals surface area contributed by atoms with Crippen molar-refractivity contribution in [3.05, 3.63) is 28.2 Å². The molecular weight excluding hydrogens is 239 g/mol. The van der Waals surface area contributed by atoms with E-state index in [0.717, 1.165) is 5.69 Å². The number of hydrogen-bond acceptors (Lipinski definition) is 2. The van der Waals surface area contributed by atoms with Gasteiger partial charge in [-0.25, -0.2) is 0 Å². The van der Waals surface area contributed by atoms with Crippen LogP contribution in [0, 0.1) is 0 Å². The van der Waals surface area contributed by atoms with Gasteiger partial charge in [-0.2, -0.15) is 0 Å². The van der Waals surface area contributed by atoms with E-state index in [2.05, 4.69) is 5.32 Å². The Morgan fingerprint density at radius 3 is 2.79 bits per heavy atom. The van der Waals surface area contributed by atoms with E-state index in [1.54, 1.807) is 18.2 Å². The molecule has 0 aliphatic heterocycles. The van der Waals surface area contributed by atoms with Gasteiger partial charge in [0.05, 0.1) is 15.7 Å². The van der Waals surface area contributed by atoms with Gasteiger partial charge in [0.15, 0.2) is 0 Å². The highest BCUT2D eigenvalue weighted by molar-refractivity contribution is 7.80. The van der Waals surface area contributed by atoms with Gasteiger partial charge in [-0.3, -0.25) is 0 Å². The van der Waals surface area contributed by atoms with E-state index in [4.69, 9.17) is 41.2 Å². The van der Waals surface area contributed by atoms with Crippen LogP contribution in [0.3, 0.4) is 0 Å². The van der Waals surface area contributed by atoms with Gasteiger partial charge < -0.3 is 11.1 Å². The number of anilines is 1. The molecule has 5 heteroatoms. The molecule has 0 spiro atoms. The molecule has 1 rings (SSSR count). The van der Waals surface area contributed by atoms with Gasteiger partial charge in [-0.05, 0) is 18.2 Å². The molecule has 1 aromatic carbocycles. The number of nitrogens with two attached hydrogens (primary N) is 1. The molecule has 0 aromatic heterocycles. The smallest absolute Gasteiger partial charge is 0.0745 e. The van der Waals surface area contributed by atoms with Crippen molar-refractivity contribution in [2.75, 3.05) is 11.9 Å². The molecule has 0 bridgehead atoms. The average Bonchev–Trinajstić information content (AvgIpc) is 2.10. The SMILES string of the molecule is NC(=S)CCNc1cc(Cl)ccc1Cl. The summed E-state index contributed by atoms with van der Waals surface area (Å²) in [5, 5.41) is 4.38. The fourth-order valence-corrected chi connectivity index (χ4v) is 1.41. The number of hydrogen-bond donors (Lipinski definition) is 2. The Kier molecular flexibility index (Phi) is 4.45. The number of rotatable bonds is 4. The molecule has 0 unspecified atom stereocenters. The summed E-state index contributed by atoms with van der Waals surface area (Å²) in [5.74, 6) is 0. The van der Waals surface area contributed by atoms with E-state index in [-0.39, 0.29) is 0 Å². The summed E-state index contributed by atoms with van der Waals surface area (Å²) in [6.45, 7) is 0.662. The minimum absolute atomic E-state index is 0.482. The summed E-state index contributed by atoms with van der Waals surface area (Å²) in [5.41, 5.74) is 6.16. The first kappa shape index (κ1) is 11.6. The first-order valence-electron chi connectivity index (χ1n) is 4.07. The molecule has 2 nitrogen and oxygen atoms in total. The highest BCUT2D eigenvalue weighted by atomic mass is 35.5. The number of halogens is 2. The molecule has 0 radical (unpaired) electrons. The van der Waals surface area contributed by atoms with E-state index in [9.17, 15) is 0 Å². The maximum Gasteiger partial charge on any atom is 0.0745 e. The lowest BCUT2D eigenvalue weighted by Gasteiger charge is -2.07. The lowest BCUT2D eigenvalue weighted by molar-refractivity contribution is 1.11. The Labute approximate surface area is 98.4 Å². The van der Waals surface area contributed by atoms with Crippen LogP contribution in [0.1, 0.15) is 6.42 Å². The van der Waals surface area contributed by atoms with Crippen LogP contribution in [0.2, 0.25) is 10.0 Å². The van der Waals surface area contributed by atoms with E-state index in [0.29, 0.717) is 28.0 Å². The van der Waals surface area contributed by atoms with Crippen LogP contribution in [0.5, 0.6) is 0 Å². The Hall–Kier alpha value is -0.510. The van der Waals surface area contributed by atoms with Crippen LogP contribution in [0.4, 0.5) is 5.69 Å². The second-order valence-corrected chi connectivity index (χ2v) is 4.14. The van der Waals surface area contributed by atoms with E-state index < -0.39 is 0 Å². The Morgan fingerprint density at radius 1 is 1.43 bits per heavy atom. The van der Waals surface area contributed by atoms with Crippen LogP contribution < -0.4 is 11.1 Å². The molecule has 3 N–H and O–H groups in total. The number of thiocarbonyl (C=S) groups is 1. The van der Waals surface area contributed by atoms with Crippen molar-refractivity contribution in [1.82, 2.24) is 0 Å². The van der Waals surface area contributed by atoms with Crippen LogP contribution in [-0.2, 0) is 0 Å². The fraction of sp³-hybridized carbons (Fsp3) is 0.222. The third kappa shape index (κ3) is 3.70. The standard InChI is InChI=1S/C9H10Cl2N2S/c10-6-1-2-7(11)8(5-6)13-4-3-9(12)14/h1-2,5,13H,3-4H2,(H2,12,14). The highest BCUT2D eigenvalue weighted by Crippen LogP contribution is 2.25. The van der Waals surface area contributed by atoms with E-state index in [1.807, 2.05) is 0 Å². The molecule has 0 saturated carbocycles. The van der Waals surface area contributed by atoms with Crippen molar-refractivity contribution in [3.63, 3.8) is 0 Å². The molecule has 0 amide bonds. The monoisotopic (exact) mass is 248 g/mol. The van der Waals surface area contributed by atoms with Gasteiger partial charge in [-0.1, -0.05) is 35.4 Å². The zero-order valence-corrected chi connectivity index (χ0v) is 9.72. The second kappa shape index (κ2) is 5.39. The highest BCUT2D eigenvalue weighted by Gasteiger charge is 2.00. The molecule has 0 atom stereocenters. The van der Waals surface area contributed by atoms with Crippen molar-refractivity contribution < 1.29 is 0 Å².